The fraction of sp³-hybridized carbons (Fsp3) is 0.423. The van der Waals surface area contributed by atoms with E-state index in [1.54, 1.807) is 32.2 Å². The van der Waals surface area contributed by atoms with Gasteiger partial charge in [-0.3, -0.25) is 9.69 Å². The van der Waals surface area contributed by atoms with Crippen LogP contribution in [0.15, 0.2) is 42.6 Å². The SMILES string of the molecule is COc1ccccc1Cn1cc(C(=O)NCCCCN2CCc3cc(OC)c(OC)cc3C2)nn1. The Morgan fingerprint density at radius 1 is 1.00 bits per heavy atom. The summed E-state index contributed by atoms with van der Waals surface area (Å²) in [6.07, 6.45) is 4.56. The summed E-state index contributed by atoms with van der Waals surface area (Å²) in [7, 11) is 4.97. The molecule has 1 aliphatic heterocycles. The average Bonchev–Trinajstić information content (AvgIpc) is 3.36. The molecule has 3 aromatic rings. The van der Waals surface area contributed by atoms with Crippen molar-refractivity contribution in [2.75, 3.05) is 41.0 Å². The third-order valence-electron chi connectivity index (χ3n) is 6.28. The minimum atomic E-state index is -0.204. The first-order valence-electron chi connectivity index (χ1n) is 11.9. The number of ether oxygens (including phenoxy) is 3. The number of nitrogens with zero attached hydrogens (tertiary/aromatic N) is 4. The highest BCUT2D eigenvalue weighted by molar-refractivity contribution is 5.91. The Morgan fingerprint density at radius 2 is 1.74 bits per heavy atom. The molecule has 2 aromatic carbocycles. The summed E-state index contributed by atoms with van der Waals surface area (Å²) in [6.45, 7) is 4.00. The number of aromatic nitrogens is 3. The largest absolute Gasteiger partial charge is 0.496 e. The van der Waals surface area contributed by atoms with Crippen LogP contribution in [0.25, 0.3) is 0 Å². The normalized spacial score (nSPS) is 13.2. The Bertz CT molecular complexity index is 1150. The van der Waals surface area contributed by atoms with Gasteiger partial charge in [-0.15, -0.1) is 5.10 Å². The average molecular weight is 480 g/mol. The number of nitrogens with one attached hydrogen (secondary N) is 1. The first-order valence-corrected chi connectivity index (χ1v) is 11.9. The molecule has 2 heterocycles. The maximum Gasteiger partial charge on any atom is 0.273 e. The molecular formula is C26H33N5O4. The molecule has 0 saturated carbocycles. The van der Waals surface area contributed by atoms with Crippen LogP contribution in [-0.2, 0) is 19.5 Å². The summed E-state index contributed by atoms with van der Waals surface area (Å²) < 4.78 is 17.9. The molecule has 0 unspecified atom stereocenters. The summed E-state index contributed by atoms with van der Waals surface area (Å²) >= 11 is 0. The molecule has 0 aliphatic carbocycles. The minimum absolute atomic E-state index is 0.204. The van der Waals surface area contributed by atoms with Crippen LogP contribution >= 0.6 is 0 Å². The van der Waals surface area contributed by atoms with E-state index in [0.29, 0.717) is 18.8 Å². The fourth-order valence-electron chi connectivity index (χ4n) is 4.37. The lowest BCUT2D eigenvalue weighted by Crippen LogP contribution is -2.32. The van der Waals surface area contributed by atoms with Crippen LogP contribution in [-0.4, -0.2) is 66.8 Å². The Hall–Kier alpha value is -3.59. The van der Waals surface area contributed by atoms with Crippen LogP contribution in [0.5, 0.6) is 17.2 Å². The van der Waals surface area contributed by atoms with E-state index in [9.17, 15) is 4.79 Å². The molecule has 9 heteroatoms. The second-order valence-corrected chi connectivity index (χ2v) is 8.58. The molecule has 0 atom stereocenters. The van der Waals surface area contributed by atoms with Gasteiger partial charge in [0, 0.05) is 25.2 Å². The highest BCUT2D eigenvalue weighted by atomic mass is 16.5. The monoisotopic (exact) mass is 479 g/mol. The Balaban J connectivity index is 1.19. The maximum atomic E-state index is 12.5. The van der Waals surface area contributed by atoms with Crippen molar-refractivity contribution in [3.05, 3.63) is 65.0 Å². The minimum Gasteiger partial charge on any atom is -0.496 e. The Labute approximate surface area is 206 Å². The molecule has 9 nitrogen and oxygen atoms in total. The van der Waals surface area contributed by atoms with Crippen LogP contribution < -0.4 is 19.5 Å². The molecule has 1 N–H and O–H groups in total. The lowest BCUT2D eigenvalue weighted by atomic mass is 9.98. The van der Waals surface area contributed by atoms with Crippen molar-refractivity contribution in [2.45, 2.75) is 32.4 Å². The second kappa shape index (κ2) is 11.7. The van der Waals surface area contributed by atoms with Crippen molar-refractivity contribution >= 4 is 5.91 Å². The molecule has 0 fully saturated rings. The van der Waals surface area contributed by atoms with E-state index in [2.05, 4.69) is 32.7 Å². The molecule has 0 spiro atoms. The van der Waals surface area contributed by atoms with Crippen LogP contribution in [0, 0.1) is 0 Å². The molecule has 4 rings (SSSR count). The third kappa shape index (κ3) is 6.10. The Kier molecular flexibility index (Phi) is 8.20. The predicted molar refractivity (Wildman–Crippen MR) is 132 cm³/mol. The number of carbonyl (C=O) groups excluding carboxylic acids is 1. The smallest absolute Gasteiger partial charge is 0.273 e. The van der Waals surface area contributed by atoms with Crippen LogP contribution in [0.3, 0.4) is 0 Å². The van der Waals surface area contributed by atoms with Gasteiger partial charge in [0.05, 0.1) is 34.1 Å². The van der Waals surface area contributed by atoms with E-state index in [0.717, 1.165) is 61.7 Å². The maximum absolute atomic E-state index is 12.5. The van der Waals surface area contributed by atoms with Gasteiger partial charge in [-0.05, 0) is 55.1 Å². The molecule has 1 amide bonds. The molecular weight excluding hydrogens is 446 g/mol. The van der Waals surface area contributed by atoms with E-state index in [1.165, 1.54) is 11.1 Å². The van der Waals surface area contributed by atoms with Gasteiger partial charge < -0.3 is 19.5 Å². The van der Waals surface area contributed by atoms with E-state index in [-0.39, 0.29) is 5.91 Å². The molecule has 186 valence electrons. The standard InChI is InChI=1S/C26H33N5O4/c1-33-23-9-5-4-8-20(23)17-31-18-22(28-29-31)26(32)27-11-6-7-12-30-13-10-19-14-24(34-2)25(35-3)15-21(19)16-30/h4-5,8-9,14-15,18H,6-7,10-13,16-17H2,1-3H3,(H,27,32). The molecule has 1 aliphatic rings. The quantitative estimate of drug-likeness (QED) is 0.423. The van der Waals surface area contributed by atoms with Crippen molar-refractivity contribution in [2.24, 2.45) is 0 Å². The molecule has 0 radical (unpaired) electrons. The van der Waals surface area contributed by atoms with Crippen molar-refractivity contribution in [1.29, 1.82) is 0 Å². The third-order valence-corrected chi connectivity index (χ3v) is 6.28. The highest BCUT2D eigenvalue weighted by Gasteiger charge is 2.19. The highest BCUT2D eigenvalue weighted by Crippen LogP contribution is 2.33. The van der Waals surface area contributed by atoms with Gasteiger partial charge >= 0.3 is 0 Å². The van der Waals surface area contributed by atoms with Crippen molar-refractivity contribution in [3.63, 3.8) is 0 Å². The van der Waals surface area contributed by atoms with Crippen molar-refractivity contribution in [3.8, 4) is 17.2 Å². The van der Waals surface area contributed by atoms with Crippen molar-refractivity contribution < 1.29 is 19.0 Å². The van der Waals surface area contributed by atoms with Gasteiger partial charge in [0.15, 0.2) is 17.2 Å². The van der Waals surface area contributed by atoms with E-state index in [4.69, 9.17) is 14.2 Å². The lowest BCUT2D eigenvalue weighted by molar-refractivity contribution is 0.0947. The van der Waals surface area contributed by atoms with E-state index < -0.39 is 0 Å². The number of carbonyl (C=O) groups is 1. The predicted octanol–water partition coefficient (Wildman–Crippen LogP) is 2.92. The summed E-state index contributed by atoms with van der Waals surface area (Å²) in [6, 6.07) is 11.9. The van der Waals surface area contributed by atoms with E-state index >= 15 is 0 Å². The van der Waals surface area contributed by atoms with Crippen LogP contribution in [0.1, 0.15) is 40.0 Å². The van der Waals surface area contributed by atoms with Crippen LogP contribution in [0.4, 0.5) is 0 Å². The Morgan fingerprint density at radius 3 is 2.51 bits per heavy atom. The van der Waals surface area contributed by atoms with Gasteiger partial charge in [-0.1, -0.05) is 23.4 Å². The topological polar surface area (TPSA) is 90.7 Å². The number of amides is 1. The molecule has 0 saturated heterocycles. The zero-order valence-electron chi connectivity index (χ0n) is 20.6. The zero-order valence-corrected chi connectivity index (χ0v) is 20.6. The number of unbranched alkanes of at least 4 members (excludes halogenated alkanes) is 1. The summed E-state index contributed by atoms with van der Waals surface area (Å²) in [5, 5.41) is 11.1. The van der Waals surface area contributed by atoms with Gasteiger partial charge in [0.2, 0.25) is 0 Å². The summed E-state index contributed by atoms with van der Waals surface area (Å²) in [5.74, 6) is 2.14. The summed E-state index contributed by atoms with van der Waals surface area (Å²) in [4.78, 5) is 14.9. The van der Waals surface area contributed by atoms with Gasteiger partial charge in [0.25, 0.3) is 5.91 Å². The number of hydrogen-bond acceptors (Lipinski definition) is 7. The van der Waals surface area contributed by atoms with Gasteiger partial charge in [0.1, 0.15) is 5.75 Å². The number of hydrogen-bond donors (Lipinski definition) is 1. The number of para-hydroxylation sites is 1. The van der Waals surface area contributed by atoms with Gasteiger partial charge in [-0.2, -0.15) is 0 Å². The van der Waals surface area contributed by atoms with Crippen LogP contribution in [0.2, 0.25) is 0 Å². The first kappa shape index (κ1) is 24.5. The number of benzene rings is 2. The number of fused-ring (bicyclic) bond motifs is 1. The summed E-state index contributed by atoms with van der Waals surface area (Å²) in [5.41, 5.74) is 3.91. The zero-order chi connectivity index (χ0) is 24.6. The molecule has 0 bridgehead atoms. The number of rotatable bonds is 11. The second-order valence-electron chi connectivity index (χ2n) is 8.58. The lowest BCUT2D eigenvalue weighted by Gasteiger charge is -2.29. The first-order chi connectivity index (χ1) is 17.1. The van der Waals surface area contributed by atoms with Crippen molar-refractivity contribution in [1.82, 2.24) is 25.2 Å². The number of methoxy groups -OCH3 is 3. The van der Waals surface area contributed by atoms with Gasteiger partial charge in [-0.25, -0.2) is 4.68 Å². The van der Waals surface area contributed by atoms with E-state index in [1.807, 2.05) is 24.3 Å². The fourth-order valence-corrected chi connectivity index (χ4v) is 4.37. The molecule has 1 aromatic heterocycles. The molecule has 35 heavy (non-hydrogen) atoms.